The van der Waals surface area contributed by atoms with Gasteiger partial charge in [-0.15, -0.1) is 11.3 Å². The Hall–Kier alpha value is -3.39. The van der Waals surface area contributed by atoms with Gasteiger partial charge >= 0.3 is 0 Å². The number of aryl methyl sites for hydroxylation is 1. The Morgan fingerprint density at radius 2 is 1.68 bits per heavy atom. The van der Waals surface area contributed by atoms with Crippen molar-refractivity contribution in [3.05, 3.63) is 64.7 Å². The molecule has 1 heterocycles. The Morgan fingerprint density at radius 1 is 0.964 bits per heavy atom. The third kappa shape index (κ3) is 4.12. The van der Waals surface area contributed by atoms with Crippen LogP contribution in [-0.2, 0) is 0 Å². The maximum absolute atomic E-state index is 12.3. The first kappa shape index (κ1) is 19.4. The molecule has 0 saturated heterocycles. The summed E-state index contributed by atoms with van der Waals surface area (Å²) >= 11 is 1.29. The maximum atomic E-state index is 12.3. The number of nitrogens with one attached hydrogen (secondary N) is 2. The Labute approximate surface area is 166 Å². The average molecular weight is 397 g/mol. The van der Waals surface area contributed by atoms with Gasteiger partial charge < -0.3 is 9.47 Å². The van der Waals surface area contributed by atoms with Gasteiger partial charge in [0.15, 0.2) is 11.5 Å². The van der Waals surface area contributed by atoms with Crippen LogP contribution in [0.5, 0.6) is 11.5 Å². The number of hydrazine groups is 1. The summed E-state index contributed by atoms with van der Waals surface area (Å²) in [5, 5.41) is 2.22. The van der Waals surface area contributed by atoms with Crippen molar-refractivity contribution in [2.24, 2.45) is 0 Å². The minimum Gasteiger partial charge on any atom is -0.493 e. The fraction of sp³-hybridized carbons (Fsp3) is 0.150. The summed E-state index contributed by atoms with van der Waals surface area (Å²) in [7, 11) is 3.10. The summed E-state index contributed by atoms with van der Waals surface area (Å²) in [5.41, 5.74) is 7.17. The molecule has 0 spiro atoms. The van der Waals surface area contributed by atoms with Crippen LogP contribution in [0.1, 0.15) is 26.4 Å². The zero-order chi connectivity index (χ0) is 20.1. The number of carbonyl (C=O) groups is 2. The molecule has 0 aliphatic carbocycles. The lowest BCUT2D eigenvalue weighted by molar-refractivity contribution is 0.0844. The Balaban J connectivity index is 1.71. The first-order valence-corrected chi connectivity index (χ1v) is 9.25. The molecule has 144 valence electrons. The van der Waals surface area contributed by atoms with Crippen molar-refractivity contribution in [3.63, 3.8) is 0 Å². The fourth-order valence-electron chi connectivity index (χ4n) is 2.51. The summed E-state index contributed by atoms with van der Waals surface area (Å²) < 4.78 is 10.7. The van der Waals surface area contributed by atoms with Gasteiger partial charge in [-0.3, -0.25) is 20.4 Å². The van der Waals surface area contributed by atoms with Gasteiger partial charge in [-0.05, 0) is 31.2 Å². The second-order valence-electron chi connectivity index (χ2n) is 5.85. The Morgan fingerprint density at radius 3 is 2.36 bits per heavy atom. The van der Waals surface area contributed by atoms with Gasteiger partial charge in [-0.25, -0.2) is 4.98 Å². The second kappa shape index (κ2) is 8.53. The van der Waals surface area contributed by atoms with Gasteiger partial charge in [-0.1, -0.05) is 23.8 Å². The number of rotatable bonds is 5. The summed E-state index contributed by atoms with van der Waals surface area (Å²) in [5.74, 6) is 0.202. The lowest BCUT2D eigenvalue weighted by Crippen LogP contribution is -2.41. The molecule has 2 aromatic carbocycles. The van der Waals surface area contributed by atoms with E-state index >= 15 is 0 Å². The number of thiazole rings is 1. The molecule has 0 bridgehead atoms. The Kier molecular flexibility index (Phi) is 5.90. The number of nitrogens with zero attached hydrogens (tertiary/aromatic N) is 1. The van der Waals surface area contributed by atoms with Crippen LogP contribution in [0.15, 0.2) is 47.8 Å². The molecule has 0 fully saturated rings. The lowest BCUT2D eigenvalue weighted by atomic mass is 10.1. The van der Waals surface area contributed by atoms with Crippen molar-refractivity contribution in [1.29, 1.82) is 0 Å². The van der Waals surface area contributed by atoms with Crippen molar-refractivity contribution in [2.75, 3.05) is 14.2 Å². The third-order valence-corrected chi connectivity index (χ3v) is 4.85. The van der Waals surface area contributed by atoms with Crippen LogP contribution in [0.4, 0.5) is 0 Å². The Bertz CT molecular complexity index is 999. The molecule has 2 N–H and O–H groups in total. The van der Waals surface area contributed by atoms with Crippen LogP contribution in [0.2, 0.25) is 0 Å². The molecular weight excluding hydrogens is 378 g/mol. The number of carbonyl (C=O) groups excluding carboxylic acids is 2. The van der Waals surface area contributed by atoms with E-state index < -0.39 is 11.8 Å². The highest BCUT2D eigenvalue weighted by Gasteiger charge is 2.17. The summed E-state index contributed by atoms with van der Waals surface area (Å²) in [6, 6.07) is 12.5. The highest BCUT2D eigenvalue weighted by Crippen LogP contribution is 2.38. The standard InChI is InChI=1S/C20H19N3O4S/c1-12-7-9-13(10-8-12)18(24)22-23-19(25)15-11-28-20(21-15)14-5-4-6-16(26-2)17(14)27-3/h4-11H,1-3H3,(H,22,24)(H,23,25). The SMILES string of the molecule is COc1cccc(-c2nc(C(=O)NNC(=O)c3ccc(C)cc3)cs2)c1OC. The molecule has 1 aromatic heterocycles. The zero-order valence-corrected chi connectivity index (χ0v) is 16.4. The number of ether oxygens (including phenoxy) is 2. The number of benzene rings is 2. The van der Waals surface area contributed by atoms with Crippen molar-refractivity contribution in [1.82, 2.24) is 15.8 Å². The number of para-hydroxylation sites is 1. The van der Waals surface area contributed by atoms with E-state index in [2.05, 4.69) is 15.8 Å². The van der Waals surface area contributed by atoms with Crippen LogP contribution < -0.4 is 20.3 Å². The van der Waals surface area contributed by atoms with E-state index in [1.54, 1.807) is 37.8 Å². The molecule has 3 aromatic rings. The molecule has 0 atom stereocenters. The van der Waals surface area contributed by atoms with Crippen molar-refractivity contribution in [2.45, 2.75) is 6.92 Å². The first-order valence-electron chi connectivity index (χ1n) is 8.37. The number of hydrogen-bond donors (Lipinski definition) is 2. The topological polar surface area (TPSA) is 89.5 Å². The van der Waals surface area contributed by atoms with Gasteiger partial charge in [0.1, 0.15) is 10.7 Å². The van der Waals surface area contributed by atoms with Gasteiger partial charge in [0.2, 0.25) is 0 Å². The van der Waals surface area contributed by atoms with Crippen LogP contribution >= 0.6 is 11.3 Å². The van der Waals surface area contributed by atoms with Crippen molar-refractivity contribution >= 4 is 23.2 Å². The minimum atomic E-state index is -0.509. The molecule has 0 radical (unpaired) electrons. The highest BCUT2D eigenvalue weighted by atomic mass is 32.1. The molecule has 2 amide bonds. The molecule has 0 aliphatic rings. The average Bonchev–Trinajstić information content (AvgIpc) is 3.21. The molecule has 0 unspecified atom stereocenters. The largest absolute Gasteiger partial charge is 0.493 e. The van der Waals surface area contributed by atoms with E-state index in [4.69, 9.17) is 9.47 Å². The van der Waals surface area contributed by atoms with Crippen LogP contribution in [0, 0.1) is 6.92 Å². The molecule has 0 aliphatic heterocycles. The van der Waals surface area contributed by atoms with E-state index in [9.17, 15) is 9.59 Å². The van der Waals surface area contributed by atoms with Crippen LogP contribution in [0.25, 0.3) is 10.6 Å². The smallest absolute Gasteiger partial charge is 0.289 e. The monoisotopic (exact) mass is 397 g/mol. The highest BCUT2D eigenvalue weighted by molar-refractivity contribution is 7.13. The zero-order valence-electron chi connectivity index (χ0n) is 15.6. The molecule has 0 saturated carbocycles. The maximum Gasteiger partial charge on any atom is 0.289 e. The quantitative estimate of drug-likeness (QED) is 0.646. The van der Waals surface area contributed by atoms with Gasteiger partial charge in [0, 0.05) is 10.9 Å². The van der Waals surface area contributed by atoms with E-state index in [-0.39, 0.29) is 5.69 Å². The second-order valence-corrected chi connectivity index (χ2v) is 6.71. The minimum absolute atomic E-state index is 0.189. The van der Waals surface area contributed by atoms with E-state index in [1.165, 1.54) is 11.3 Å². The molecule has 28 heavy (non-hydrogen) atoms. The van der Waals surface area contributed by atoms with E-state index in [0.717, 1.165) is 11.1 Å². The fourth-order valence-corrected chi connectivity index (χ4v) is 3.33. The summed E-state index contributed by atoms with van der Waals surface area (Å²) in [6.45, 7) is 1.93. The van der Waals surface area contributed by atoms with E-state index in [1.807, 2.05) is 31.2 Å². The molecule has 7 nitrogen and oxygen atoms in total. The van der Waals surface area contributed by atoms with Crippen LogP contribution in [0.3, 0.4) is 0 Å². The first-order chi connectivity index (χ1) is 13.5. The van der Waals surface area contributed by atoms with Crippen molar-refractivity contribution < 1.29 is 19.1 Å². The summed E-state index contributed by atoms with van der Waals surface area (Å²) in [6.07, 6.45) is 0. The molecular formula is C20H19N3O4S. The van der Waals surface area contributed by atoms with Crippen LogP contribution in [-0.4, -0.2) is 31.0 Å². The number of aromatic nitrogens is 1. The van der Waals surface area contributed by atoms with E-state index in [0.29, 0.717) is 22.1 Å². The summed E-state index contributed by atoms with van der Waals surface area (Å²) in [4.78, 5) is 28.8. The van der Waals surface area contributed by atoms with Gasteiger partial charge in [0.25, 0.3) is 11.8 Å². The predicted molar refractivity (Wildman–Crippen MR) is 107 cm³/mol. The molecule has 8 heteroatoms. The molecule has 3 rings (SSSR count). The third-order valence-electron chi connectivity index (χ3n) is 3.97. The number of amides is 2. The number of hydrogen-bond acceptors (Lipinski definition) is 6. The number of methoxy groups -OCH3 is 2. The van der Waals surface area contributed by atoms with Crippen molar-refractivity contribution in [3.8, 4) is 22.1 Å². The predicted octanol–water partition coefficient (Wildman–Crippen LogP) is 3.21. The van der Waals surface area contributed by atoms with Gasteiger partial charge in [-0.2, -0.15) is 0 Å². The lowest BCUT2D eigenvalue weighted by Gasteiger charge is -2.10. The van der Waals surface area contributed by atoms with Gasteiger partial charge in [0.05, 0.1) is 19.8 Å². The normalized spacial score (nSPS) is 10.2.